The summed E-state index contributed by atoms with van der Waals surface area (Å²) < 4.78 is 0. The van der Waals surface area contributed by atoms with E-state index < -0.39 is 5.97 Å². The number of piperidine rings is 1. The Hall–Kier alpha value is -1.63. The quantitative estimate of drug-likeness (QED) is 0.634. The maximum absolute atomic E-state index is 12.0. The Labute approximate surface area is 162 Å². The van der Waals surface area contributed by atoms with E-state index in [-0.39, 0.29) is 24.9 Å². The third kappa shape index (κ3) is 8.17. The van der Waals surface area contributed by atoms with Crippen LogP contribution in [0.1, 0.15) is 24.8 Å². The number of halogens is 1. The predicted molar refractivity (Wildman–Crippen MR) is 105 cm³/mol. The summed E-state index contributed by atoms with van der Waals surface area (Å²) in [5.41, 5.74) is 1.30. The van der Waals surface area contributed by atoms with Crippen LogP contribution >= 0.6 is 12.4 Å². The van der Waals surface area contributed by atoms with E-state index >= 15 is 0 Å². The molecule has 26 heavy (non-hydrogen) atoms. The van der Waals surface area contributed by atoms with Crippen molar-refractivity contribution >= 4 is 24.3 Å². The molecule has 1 heterocycles. The average Bonchev–Trinajstić information content (AvgIpc) is 2.60. The van der Waals surface area contributed by atoms with Crippen molar-refractivity contribution in [1.29, 1.82) is 0 Å². The van der Waals surface area contributed by atoms with Gasteiger partial charge in [0.15, 0.2) is 0 Å². The van der Waals surface area contributed by atoms with Gasteiger partial charge in [-0.2, -0.15) is 0 Å². The molecule has 0 radical (unpaired) electrons. The molecule has 1 aliphatic rings. The van der Waals surface area contributed by atoms with Crippen LogP contribution in [-0.2, 0) is 16.0 Å². The van der Waals surface area contributed by atoms with Crippen LogP contribution < -0.4 is 5.32 Å². The summed E-state index contributed by atoms with van der Waals surface area (Å²) in [4.78, 5) is 26.9. The first kappa shape index (κ1) is 22.4. The maximum atomic E-state index is 12.0. The van der Waals surface area contributed by atoms with Gasteiger partial charge in [-0.1, -0.05) is 30.3 Å². The predicted octanol–water partition coefficient (Wildman–Crippen LogP) is 1.64. The lowest BCUT2D eigenvalue weighted by molar-refractivity contribution is -0.138. The largest absolute Gasteiger partial charge is 0.480 e. The van der Waals surface area contributed by atoms with Crippen molar-refractivity contribution in [3.8, 4) is 0 Å². The molecule has 0 atom stereocenters. The molecule has 1 fully saturated rings. The minimum Gasteiger partial charge on any atom is -0.480 e. The number of aliphatic carboxylic acids is 1. The number of hydrogen-bond acceptors (Lipinski definition) is 4. The Balaban J connectivity index is 0.00000338. The van der Waals surface area contributed by atoms with Crippen molar-refractivity contribution < 1.29 is 14.7 Å². The van der Waals surface area contributed by atoms with Crippen LogP contribution in [0.4, 0.5) is 0 Å². The minimum atomic E-state index is -0.792. The molecule has 1 aliphatic heterocycles. The van der Waals surface area contributed by atoms with E-state index in [2.05, 4.69) is 22.3 Å². The van der Waals surface area contributed by atoms with Gasteiger partial charge in [0.25, 0.3) is 0 Å². The summed E-state index contributed by atoms with van der Waals surface area (Å²) in [5, 5.41) is 11.8. The average molecular weight is 384 g/mol. The smallest absolute Gasteiger partial charge is 0.317 e. The maximum Gasteiger partial charge on any atom is 0.317 e. The van der Waals surface area contributed by atoms with Gasteiger partial charge in [0, 0.05) is 25.7 Å². The minimum absolute atomic E-state index is 0. The highest BCUT2D eigenvalue weighted by Crippen LogP contribution is 2.14. The number of amides is 1. The summed E-state index contributed by atoms with van der Waals surface area (Å²) in [7, 11) is 1.86. The summed E-state index contributed by atoms with van der Waals surface area (Å²) >= 11 is 0. The Morgan fingerprint density at radius 1 is 1.23 bits per heavy atom. The number of aryl methyl sites for hydroxylation is 1. The van der Waals surface area contributed by atoms with Crippen LogP contribution in [0.5, 0.6) is 0 Å². The highest BCUT2D eigenvalue weighted by atomic mass is 35.5. The third-order valence-electron chi connectivity index (χ3n) is 4.74. The first-order chi connectivity index (χ1) is 12.0. The van der Waals surface area contributed by atoms with Crippen LogP contribution in [0.2, 0.25) is 0 Å². The molecule has 1 aromatic carbocycles. The monoisotopic (exact) mass is 383 g/mol. The summed E-state index contributed by atoms with van der Waals surface area (Å²) in [6.45, 7) is 2.89. The molecule has 1 saturated heterocycles. The lowest BCUT2D eigenvalue weighted by Gasteiger charge is -2.35. The molecule has 2 N–H and O–H groups in total. The number of carboxylic acid groups (broad SMARTS) is 1. The molecular formula is C19H30ClN3O3. The molecule has 0 saturated carbocycles. The van der Waals surface area contributed by atoms with Gasteiger partial charge in [-0.3, -0.25) is 19.4 Å². The Morgan fingerprint density at radius 3 is 2.50 bits per heavy atom. The fourth-order valence-electron chi connectivity index (χ4n) is 3.28. The van der Waals surface area contributed by atoms with Gasteiger partial charge < -0.3 is 10.4 Å². The zero-order valence-electron chi connectivity index (χ0n) is 15.4. The summed E-state index contributed by atoms with van der Waals surface area (Å²) in [5.74, 6) is -0.717. The first-order valence-electron chi connectivity index (χ1n) is 8.99. The molecule has 0 spiro atoms. The van der Waals surface area contributed by atoms with Gasteiger partial charge in [-0.15, -0.1) is 12.4 Å². The SMILES string of the molecule is CN(CC(=O)O)C1CCN(CC(=O)NCCCc2ccccc2)CC1.Cl. The van der Waals surface area contributed by atoms with Crippen LogP contribution in [0.3, 0.4) is 0 Å². The normalized spacial score (nSPS) is 15.5. The van der Waals surface area contributed by atoms with Crippen LogP contribution in [-0.4, -0.2) is 72.6 Å². The first-order valence-corrected chi connectivity index (χ1v) is 8.99. The number of nitrogens with one attached hydrogen (secondary N) is 1. The highest BCUT2D eigenvalue weighted by molar-refractivity contribution is 5.85. The number of carbonyl (C=O) groups excluding carboxylic acids is 1. The highest BCUT2D eigenvalue weighted by Gasteiger charge is 2.24. The molecule has 1 aromatic rings. The molecule has 1 amide bonds. The van der Waals surface area contributed by atoms with E-state index in [0.717, 1.165) is 38.8 Å². The second-order valence-electron chi connectivity index (χ2n) is 6.76. The van der Waals surface area contributed by atoms with Crippen molar-refractivity contribution in [1.82, 2.24) is 15.1 Å². The molecule has 146 valence electrons. The Bertz CT molecular complexity index is 548. The van der Waals surface area contributed by atoms with Crippen LogP contribution in [0.25, 0.3) is 0 Å². The van der Waals surface area contributed by atoms with E-state index in [9.17, 15) is 9.59 Å². The number of likely N-dealkylation sites (N-methyl/N-ethyl adjacent to an activating group) is 1. The Morgan fingerprint density at radius 2 is 1.88 bits per heavy atom. The van der Waals surface area contributed by atoms with Crippen molar-refractivity contribution in [3.63, 3.8) is 0 Å². The topological polar surface area (TPSA) is 72.9 Å². The fourth-order valence-corrected chi connectivity index (χ4v) is 3.28. The molecular weight excluding hydrogens is 354 g/mol. The molecule has 0 aromatic heterocycles. The van der Waals surface area contributed by atoms with E-state index in [0.29, 0.717) is 19.1 Å². The zero-order valence-corrected chi connectivity index (χ0v) is 16.2. The third-order valence-corrected chi connectivity index (χ3v) is 4.74. The number of rotatable bonds is 9. The van der Waals surface area contributed by atoms with E-state index in [1.54, 1.807) is 0 Å². The van der Waals surface area contributed by atoms with Gasteiger partial charge in [-0.25, -0.2) is 0 Å². The number of carboxylic acids is 1. The number of nitrogens with zero attached hydrogens (tertiary/aromatic N) is 2. The van der Waals surface area contributed by atoms with E-state index in [4.69, 9.17) is 5.11 Å². The van der Waals surface area contributed by atoms with Crippen LogP contribution in [0, 0.1) is 0 Å². The number of benzene rings is 1. The molecule has 6 nitrogen and oxygen atoms in total. The fraction of sp³-hybridized carbons (Fsp3) is 0.579. The molecule has 0 bridgehead atoms. The number of carbonyl (C=O) groups is 2. The second kappa shape index (κ2) is 11.9. The van der Waals surface area contributed by atoms with Crippen molar-refractivity contribution in [2.24, 2.45) is 0 Å². The number of likely N-dealkylation sites (tertiary alicyclic amines) is 1. The summed E-state index contributed by atoms with van der Waals surface area (Å²) in [6, 6.07) is 10.6. The molecule has 7 heteroatoms. The van der Waals surface area contributed by atoms with Gasteiger partial charge >= 0.3 is 5.97 Å². The number of hydrogen-bond donors (Lipinski definition) is 2. The standard InChI is InChI=1S/C19H29N3O3.ClH/c1-21(15-19(24)25)17-9-12-22(13-10-17)14-18(23)20-11-5-8-16-6-3-2-4-7-16;/h2-4,6-7,17H,5,8-15H2,1H3,(H,20,23)(H,24,25);1H. The lowest BCUT2D eigenvalue weighted by Crippen LogP contribution is -2.47. The molecule has 0 aliphatic carbocycles. The lowest BCUT2D eigenvalue weighted by atomic mass is 10.0. The van der Waals surface area contributed by atoms with Gasteiger partial charge in [0.05, 0.1) is 13.1 Å². The van der Waals surface area contributed by atoms with Crippen molar-refractivity contribution in [2.75, 3.05) is 39.8 Å². The van der Waals surface area contributed by atoms with Gasteiger partial charge in [-0.05, 0) is 38.3 Å². The van der Waals surface area contributed by atoms with Gasteiger partial charge in [0.2, 0.25) is 5.91 Å². The van der Waals surface area contributed by atoms with Crippen molar-refractivity contribution in [3.05, 3.63) is 35.9 Å². The second-order valence-corrected chi connectivity index (χ2v) is 6.76. The molecule has 0 unspecified atom stereocenters. The molecule has 2 rings (SSSR count). The van der Waals surface area contributed by atoms with Crippen molar-refractivity contribution in [2.45, 2.75) is 31.7 Å². The van der Waals surface area contributed by atoms with Crippen LogP contribution in [0.15, 0.2) is 30.3 Å². The van der Waals surface area contributed by atoms with E-state index in [1.807, 2.05) is 30.1 Å². The zero-order chi connectivity index (χ0) is 18.1. The van der Waals surface area contributed by atoms with Gasteiger partial charge in [0.1, 0.15) is 0 Å². The Kier molecular flexibility index (Phi) is 10.2. The van der Waals surface area contributed by atoms with E-state index in [1.165, 1.54) is 5.56 Å². The summed E-state index contributed by atoms with van der Waals surface area (Å²) in [6.07, 6.45) is 3.73.